The first-order valence-corrected chi connectivity index (χ1v) is 10.5. The molecular formula is C20H29F3N6O3. The summed E-state index contributed by atoms with van der Waals surface area (Å²) in [5.74, 6) is -0.222. The minimum Gasteiger partial charge on any atom is -0.475 e. The molecule has 0 saturated carbocycles. The molecule has 2 aromatic heterocycles. The number of aryl methyl sites for hydroxylation is 2. The first kappa shape index (κ1) is 25.5. The van der Waals surface area contributed by atoms with E-state index in [2.05, 4.69) is 27.1 Å². The van der Waals surface area contributed by atoms with Crippen LogP contribution in [0.2, 0.25) is 0 Å². The number of aromatic nitrogens is 5. The predicted octanol–water partition coefficient (Wildman–Crippen LogP) is 2.93. The average Bonchev–Trinajstić information content (AvgIpc) is 3.19. The van der Waals surface area contributed by atoms with Crippen molar-refractivity contribution in [3.8, 4) is 0 Å². The van der Waals surface area contributed by atoms with Crippen LogP contribution in [-0.4, -0.2) is 60.4 Å². The fourth-order valence-corrected chi connectivity index (χ4v) is 3.39. The maximum absolute atomic E-state index is 10.6. The van der Waals surface area contributed by atoms with Gasteiger partial charge in [-0.3, -0.25) is 4.68 Å². The third-order valence-corrected chi connectivity index (χ3v) is 5.07. The number of hydrogen-bond donors (Lipinski definition) is 2. The lowest BCUT2D eigenvalue weighted by Crippen LogP contribution is -2.36. The van der Waals surface area contributed by atoms with E-state index in [0.717, 1.165) is 57.0 Å². The van der Waals surface area contributed by atoms with E-state index in [0.29, 0.717) is 11.6 Å². The Kier molecular flexibility index (Phi) is 8.93. The summed E-state index contributed by atoms with van der Waals surface area (Å²) in [5, 5.41) is 24.8. The van der Waals surface area contributed by atoms with Gasteiger partial charge in [-0.15, -0.1) is 5.10 Å². The molecule has 0 spiro atoms. The maximum atomic E-state index is 10.6. The van der Waals surface area contributed by atoms with Crippen molar-refractivity contribution in [3.63, 3.8) is 0 Å². The Hall–Kier alpha value is -2.76. The molecule has 0 aliphatic carbocycles. The van der Waals surface area contributed by atoms with E-state index < -0.39 is 18.2 Å². The van der Waals surface area contributed by atoms with Gasteiger partial charge in [0.1, 0.15) is 17.3 Å². The van der Waals surface area contributed by atoms with Crippen molar-refractivity contribution in [2.24, 2.45) is 5.92 Å². The lowest BCUT2D eigenvalue weighted by Gasteiger charge is -2.33. The second-order valence-electron chi connectivity index (χ2n) is 7.79. The van der Waals surface area contributed by atoms with E-state index in [4.69, 9.17) is 14.9 Å². The zero-order chi connectivity index (χ0) is 23.9. The predicted molar refractivity (Wildman–Crippen MR) is 110 cm³/mol. The molecule has 1 atom stereocenters. The van der Waals surface area contributed by atoms with Gasteiger partial charge in [-0.1, -0.05) is 18.6 Å². The molecule has 3 rings (SSSR count). The fraction of sp³-hybridized carbons (Fsp3) is 0.650. The number of alkyl halides is 3. The zero-order valence-electron chi connectivity index (χ0n) is 18.4. The highest BCUT2D eigenvalue weighted by Crippen LogP contribution is 2.26. The van der Waals surface area contributed by atoms with Gasteiger partial charge in [-0.25, -0.2) is 14.8 Å². The summed E-state index contributed by atoms with van der Waals surface area (Å²) in [6.45, 7) is 8.74. The molecule has 0 aromatic carbocycles. The first-order valence-electron chi connectivity index (χ1n) is 10.5. The summed E-state index contributed by atoms with van der Waals surface area (Å²) in [5.41, 5.74) is 1.89. The average molecular weight is 458 g/mol. The van der Waals surface area contributed by atoms with Gasteiger partial charge in [-0.05, 0) is 39.0 Å². The van der Waals surface area contributed by atoms with Crippen molar-refractivity contribution < 1.29 is 28.2 Å². The van der Waals surface area contributed by atoms with Crippen LogP contribution in [0.4, 0.5) is 19.0 Å². The smallest absolute Gasteiger partial charge is 0.475 e. The molecule has 0 radical (unpaired) electrons. The van der Waals surface area contributed by atoms with Gasteiger partial charge in [0.15, 0.2) is 0 Å². The monoisotopic (exact) mass is 458 g/mol. The molecule has 12 heteroatoms. The van der Waals surface area contributed by atoms with E-state index in [1.54, 1.807) is 6.92 Å². The van der Waals surface area contributed by atoms with Crippen LogP contribution in [0.25, 0.3) is 0 Å². The number of rotatable bonds is 6. The van der Waals surface area contributed by atoms with E-state index in [1.807, 2.05) is 24.0 Å². The van der Waals surface area contributed by atoms with Crippen LogP contribution in [0.1, 0.15) is 56.3 Å². The maximum Gasteiger partial charge on any atom is 0.490 e. The molecule has 9 nitrogen and oxygen atoms in total. The van der Waals surface area contributed by atoms with Crippen molar-refractivity contribution in [1.82, 2.24) is 25.0 Å². The van der Waals surface area contributed by atoms with Crippen LogP contribution in [0.5, 0.6) is 0 Å². The third kappa shape index (κ3) is 7.43. The number of carboxylic acids is 1. The van der Waals surface area contributed by atoms with Crippen LogP contribution >= 0.6 is 0 Å². The van der Waals surface area contributed by atoms with Crippen molar-refractivity contribution in [2.45, 2.75) is 65.3 Å². The molecule has 3 heterocycles. The highest BCUT2D eigenvalue weighted by atomic mass is 19.4. The van der Waals surface area contributed by atoms with Crippen molar-refractivity contribution in [2.75, 3.05) is 18.0 Å². The Morgan fingerprint density at radius 1 is 1.31 bits per heavy atom. The van der Waals surface area contributed by atoms with Gasteiger partial charge in [-0.2, -0.15) is 13.2 Å². The number of piperidine rings is 1. The molecule has 178 valence electrons. The number of aliphatic carboxylic acids is 1. The van der Waals surface area contributed by atoms with Crippen LogP contribution in [0, 0.1) is 12.8 Å². The first-order chi connectivity index (χ1) is 15.0. The lowest BCUT2D eigenvalue weighted by atomic mass is 9.96. The van der Waals surface area contributed by atoms with Gasteiger partial charge in [0.25, 0.3) is 0 Å². The van der Waals surface area contributed by atoms with Crippen LogP contribution in [-0.2, 0) is 17.8 Å². The highest BCUT2D eigenvalue weighted by Gasteiger charge is 2.38. The molecule has 2 aromatic rings. The minimum absolute atomic E-state index is 0.561. The SMILES string of the molecule is CCCc1cnc(C)nc1N1CCC(Cn2cc(C(C)O)nn2)CC1.O=C(O)C(F)(F)F. The van der Waals surface area contributed by atoms with E-state index in [1.165, 1.54) is 5.56 Å². The second kappa shape index (κ2) is 11.2. The van der Waals surface area contributed by atoms with Crippen LogP contribution < -0.4 is 4.90 Å². The van der Waals surface area contributed by atoms with E-state index in [9.17, 15) is 18.3 Å². The topological polar surface area (TPSA) is 117 Å². The van der Waals surface area contributed by atoms with Gasteiger partial charge in [0.2, 0.25) is 0 Å². The summed E-state index contributed by atoms with van der Waals surface area (Å²) in [7, 11) is 0. The number of hydrogen-bond acceptors (Lipinski definition) is 7. The van der Waals surface area contributed by atoms with Gasteiger partial charge in [0.05, 0.1) is 12.3 Å². The number of carboxylic acid groups (broad SMARTS) is 1. The highest BCUT2D eigenvalue weighted by molar-refractivity contribution is 5.73. The molecule has 1 aliphatic rings. The molecule has 1 fully saturated rings. The molecule has 0 amide bonds. The standard InChI is InChI=1S/C18H28N6O.C2HF3O2/c1-4-5-16-10-19-14(3)20-18(16)23-8-6-15(7-9-23)11-24-12-17(13(2)25)21-22-24;3-2(4,5)1(6)7/h10,12-13,15,25H,4-9,11H2,1-3H3;(H,6,7). The summed E-state index contributed by atoms with van der Waals surface area (Å²) in [6.07, 6.45) is 2.54. The van der Waals surface area contributed by atoms with Gasteiger partial charge in [0, 0.05) is 31.4 Å². The number of carbonyl (C=O) groups is 1. The molecule has 32 heavy (non-hydrogen) atoms. The summed E-state index contributed by atoms with van der Waals surface area (Å²) >= 11 is 0. The lowest BCUT2D eigenvalue weighted by molar-refractivity contribution is -0.192. The fourth-order valence-electron chi connectivity index (χ4n) is 3.39. The Labute approximate surface area is 184 Å². The Morgan fingerprint density at radius 2 is 1.94 bits per heavy atom. The molecule has 0 bridgehead atoms. The van der Waals surface area contributed by atoms with E-state index in [-0.39, 0.29) is 0 Å². The summed E-state index contributed by atoms with van der Waals surface area (Å²) in [4.78, 5) is 20.4. The molecule has 1 saturated heterocycles. The summed E-state index contributed by atoms with van der Waals surface area (Å²) in [6, 6.07) is 0. The molecule has 1 aliphatic heterocycles. The Bertz CT molecular complexity index is 880. The Balaban J connectivity index is 0.000000451. The zero-order valence-corrected chi connectivity index (χ0v) is 18.4. The van der Waals surface area contributed by atoms with Crippen LogP contribution in [0.3, 0.4) is 0 Å². The number of aliphatic hydroxyl groups is 1. The van der Waals surface area contributed by atoms with Crippen molar-refractivity contribution in [1.29, 1.82) is 0 Å². The van der Waals surface area contributed by atoms with E-state index >= 15 is 0 Å². The number of aliphatic hydroxyl groups excluding tert-OH is 1. The largest absolute Gasteiger partial charge is 0.490 e. The minimum atomic E-state index is -5.08. The quantitative estimate of drug-likeness (QED) is 0.679. The van der Waals surface area contributed by atoms with Crippen molar-refractivity contribution in [3.05, 3.63) is 29.5 Å². The number of halogens is 3. The molecule has 2 N–H and O–H groups in total. The normalized spacial score (nSPS) is 15.8. The van der Waals surface area contributed by atoms with Gasteiger partial charge < -0.3 is 15.1 Å². The second-order valence-corrected chi connectivity index (χ2v) is 7.79. The van der Waals surface area contributed by atoms with Crippen LogP contribution in [0.15, 0.2) is 12.4 Å². The van der Waals surface area contributed by atoms with Gasteiger partial charge >= 0.3 is 12.1 Å². The number of anilines is 1. The number of nitrogens with zero attached hydrogens (tertiary/aromatic N) is 6. The third-order valence-electron chi connectivity index (χ3n) is 5.07. The molecular weight excluding hydrogens is 429 g/mol. The Morgan fingerprint density at radius 3 is 2.44 bits per heavy atom. The summed E-state index contributed by atoms with van der Waals surface area (Å²) < 4.78 is 33.6. The molecule has 1 unspecified atom stereocenters. The van der Waals surface area contributed by atoms with Crippen molar-refractivity contribution >= 4 is 11.8 Å².